The zero-order valence-electron chi connectivity index (χ0n) is 15.9. The fourth-order valence-corrected chi connectivity index (χ4v) is 3.82. The van der Waals surface area contributed by atoms with Crippen LogP contribution in [0.15, 0.2) is 35.2 Å². The van der Waals surface area contributed by atoms with Crippen molar-refractivity contribution < 1.29 is 27.5 Å². The molecule has 0 saturated heterocycles. The maximum atomic E-state index is 12.6. The molecule has 2 amide bonds. The van der Waals surface area contributed by atoms with Crippen LogP contribution in [0.5, 0.6) is 5.75 Å². The number of amides is 2. The highest BCUT2D eigenvalue weighted by molar-refractivity contribution is 9.10. The Hall–Kier alpha value is -3.00. The van der Waals surface area contributed by atoms with E-state index in [4.69, 9.17) is 0 Å². The topological polar surface area (TPSA) is 111 Å². The Morgan fingerprint density at radius 1 is 1.23 bits per heavy atom. The van der Waals surface area contributed by atoms with Crippen molar-refractivity contribution in [3.05, 3.63) is 51.5 Å². The van der Waals surface area contributed by atoms with Crippen LogP contribution in [0, 0.1) is 0 Å². The predicted octanol–water partition coefficient (Wildman–Crippen LogP) is 3.24. The van der Waals surface area contributed by atoms with E-state index in [0.717, 1.165) is 23.5 Å². The highest BCUT2D eigenvalue weighted by Gasteiger charge is 2.31. The van der Waals surface area contributed by atoms with Gasteiger partial charge in [0.15, 0.2) is 5.82 Å². The van der Waals surface area contributed by atoms with E-state index >= 15 is 0 Å². The fraction of sp³-hybridized carbons (Fsp3) is 0.235. The van der Waals surface area contributed by atoms with Crippen LogP contribution >= 0.6 is 27.3 Å². The second kappa shape index (κ2) is 9.01. The van der Waals surface area contributed by atoms with Crippen molar-refractivity contribution in [3.8, 4) is 10.9 Å². The number of halogens is 4. The Morgan fingerprint density at radius 2 is 1.97 bits per heavy atom. The van der Waals surface area contributed by atoms with Crippen molar-refractivity contribution in [2.45, 2.75) is 19.3 Å². The highest BCUT2D eigenvalue weighted by Crippen LogP contribution is 2.28. The van der Waals surface area contributed by atoms with E-state index < -0.39 is 24.1 Å². The van der Waals surface area contributed by atoms with Gasteiger partial charge in [0, 0.05) is 17.1 Å². The monoisotopic (exact) mass is 518 g/mol. The minimum atomic E-state index is -4.89. The van der Waals surface area contributed by atoms with Gasteiger partial charge in [-0.15, -0.1) is 13.2 Å². The van der Waals surface area contributed by atoms with Crippen LogP contribution in [0.2, 0.25) is 0 Å². The number of carbonyl (C=O) groups excluding carboxylic acids is 2. The minimum absolute atomic E-state index is 0.0531. The molecule has 0 saturated carbocycles. The van der Waals surface area contributed by atoms with Crippen LogP contribution in [0.1, 0.15) is 38.8 Å². The number of benzene rings is 1. The van der Waals surface area contributed by atoms with Gasteiger partial charge in [-0.25, -0.2) is 9.97 Å². The Bertz CT molecular complexity index is 1120. The number of nitrogens with one attached hydrogen (secondary N) is 2. The van der Waals surface area contributed by atoms with Crippen LogP contribution in [0.25, 0.3) is 5.13 Å². The summed E-state index contributed by atoms with van der Waals surface area (Å²) in [6.07, 6.45) is -2.25. The normalized spacial score (nSPS) is 12.3. The molecule has 3 aromatic rings. The van der Waals surface area contributed by atoms with E-state index in [9.17, 15) is 22.8 Å². The lowest BCUT2D eigenvalue weighted by molar-refractivity contribution is -0.274. The third-order valence-electron chi connectivity index (χ3n) is 3.80. The smallest absolute Gasteiger partial charge is 0.406 e. The largest absolute Gasteiger partial charge is 0.573 e. The molecule has 164 valence electrons. The van der Waals surface area contributed by atoms with Gasteiger partial charge in [0.2, 0.25) is 5.13 Å². The van der Waals surface area contributed by atoms with E-state index in [1.54, 1.807) is 6.92 Å². The number of hydrogen-bond donors (Lipinski definition) is 2. The molecule has 0 spiro atoms. The van der Waals surface area contributed by atoms with Crippen molar-refractivity contribution in [1.29, 1.82) is 0 Å². The van der Waals surface area contributed by atoms with Crippen molar-refractivity contribution in [1.82, 2.24) is 30.4 Å². The van der Waals surface area contributed by atoms with Crippen LogP contribution in [0.3, 0.4) is 0 Å². The summed E-state index contributed by atoms with van der Waals surface area (Å²) in [5.41, 5.74) is -0.0531. The molecule has 1 atom stereocenters. The molecule has 0 aliphatic heterocycles. The van der Waals surface area contributed by atoms with Gasteiger partial charge in [-0.2, -0.15) is 9.78 Å². The molecule has 0 radical (unpaired) electrons. The lowest BCUT2D eigenvalue weighted by Gasteiger charge is -2.15. The number of nitrogens with zero attached hydrogens (tertiary/aromatic N) is 4. The summed E-state index contributed by atoms with van der Waals surface area (Å²) in [6, 6.07) is 2.73. The SMILES string of the molecule is CNC(=O)c1cnc(-n2ncnc2[C@H](C)NC(=O)c2cc(Br)cc(OC(F)(F)F)c2)s1. The second-order valence-corrected chi connectivity index (χ2v) is 7.96. The summed E-state index contributed by atoms with van der Waals surface area (Å²) in [5, 5.41) is 9.56. The second-order valence-electron chi connectivity index (χ2n) is 6.03. The molecule has 9 nitrogen and oxygen atoms in total. The maximum absolute atomic E-state index is 12.6. The summed E-state index contributed by atoms with van der Waals surface area (Å²) in [7, 11) is 1.49. The van der Waals surface area contributed by atoms with Gasteiger partial charge >= 0.3 is 6.36 Å². The number of ether oxygens (including phenoxy) is 1. The van der Waals surface area contributed by atoms with Crippen LogP contribution in [0.4, 0.5) is 13.2 Å². The predicted molar refractivity (Wildman–Crippen MR) is 107 cm³/mol. The van der Waals surface area contributed by atoms with Crippen LogP contribution in [-0.2, 0) is 0 Å². The summed E-state index contributed by atoms with van der Waals surface area (Å²) in [4.78, 5) is 33.0. The zero-order valence-corrected chi connectivity index (χ0v) is 18.3. The Kier molecular flexibility index (Phi) is 6.59. The standard InChI is InChI=1S/C17H14BrF3N6O3S/c1-8(13-24-7-25-27(13)16-23-6-12(31-16)15(29)22-2)26-14(28)9-3-10(18)5-11(4-9)30-17(19,20)21/h3-8H,1-2H3,(H,22,29)(H,26,28)/t8-/m0/s1. The molecule has 0 bridgehead atoms. The van der Waals surface area contributed by atoms with Gasteiger partial charge in [0.05, 0.1) is 12.2 Å². The number of carbonyl (C=O) groups is 2. The van der Waals surface area contributed by atoms with Crippen molar-refractivity contribution in [2.24, 2.45) is 0 Å². The van der Waals surface area contributed by atoms with Gasteiger partial charge in [-0.1, -0.05) is 27.3 Å². The zero-order chi connectivity index (χ0) is 22.8. The van der Waals surface area contributed by atoms with Crippen molar-refractivity contribution in [3.63, 3.8) is 0 Å². The van der Waals surface area contributed by atoms with E-state index in [2.05, 4.69) is 46.4 Å². The van der Waals surface area contributed by atoms with Crippen LogP contribution < -0.4 is 15.4 Å². The van der Waals surface area contributed by atoms with E-state index in [0.29, 0.717) is 15.8 Å². The Balaban J connectivity index is 1.79. The molecular weight excluding hydrogens is 505 g/mol. The maximum Gasteiger partial charge on any atom is 0.573 e. The number of thiazole rings is 1. The summed E-state index contributed by atoms with van der Waals surface area (Å²) >= 11 is 4.14. The molecule has 2 aromatic heterocycles. The molecule has 0 aliphatic carbocycles. The van der Waals surface area contributed by atoms with Crippen molar-refractivity contribution >= 4 is 39.1 Å². The van der Waals surface area contributed by atoms with E-state index in [1.807, 2.05) is 0 Å². The quantitative estimate of drug-likeness (QED) is 0.518. The number of rotatable bonds is 6. The van der Waals surface area contributed by atoms with Gasteiger partial charge in [0.25, 0.3) is 11.8 Å². The third-order valence-corrected chi connectivity index (χ3v) is 5.23. The summed E-state index contributed by atoms with van der Waals surface area (Å²) < 4.78 is 43.0. The molecule has 0 unspecified atom stereocenters. The molecule has 1 aromatic carbocycles. The fourth-order valence-electron chi connectivity index (χ4n) is 2.51. The first kappa shape index (κ1) is 22.7. The third kappa shape index (κ3) is 5.58. The number of alkyl halides is 3. The molecular formula is C17H14BrF3N6O3S. The first-order valence-corrected chi connectivity index (χ1v) is 10.1. The molecule has 2 N–H and O–H groups in total. The van der Waals surface area contributed by atoms with Crippen LogP contribution in [-0.4, -0.2) is 45.0 Å². The molecule has 0 aliphatic rings. The summed E-state index contributed by atoms with van der Waals surface area (Å²) in [6.45, 7) is 1.62. The molecule has 14 heteroatoms. The van der Waals surface area contributed by atoms with Gasteiger partial charge < -0.3 is 15.4 Å². The lowest BCUT2D eigenvalue weighted by Crippen LogP contribution is -2.29. The number of hydrogen-bond acceptors (Lipinski definition) is 7. The van der Waals surface area contributed by atoms with Crippen molar-refractivity contribution in [2.75, 3.05) is 7.05 Å². The first-order chi connectivity index (χ1) is 14.6. The minimum Gasteiger partial charge on any atom is -0.406 e. The number of aromatic nitrogens is 4. The molecule has 2 heterocycles. The van der Waals surface area contributed by atoms with Gasteiger partial charge in [-0.3, -0.25) is 9.59 Å². The average molecular weight is 519 g/mol. The first-order valence-electron chi connectivity index (χ1n) is 8.53. The molecule has 0 fully saturated rings. The van der Waals surface area contributed by atoms with E-state index in [-0.39, 0.29) is 15.9 Å². The Labute approximate surface area is 185 Å². The van der Waals surface area contributed by atoms with E-state index in [1.165, 1.54) is 30.3 Å². The summed E-state index contributed by atoms with van der Waals surface area (Å²) in [5.74, 6) is -1.18. The van der Waals surface area contributed by atoms with Gasteiger partial charge in [-0.05, 0) is 25.1 Å². The highest BCUT2D eigenvalue weighted by atomic mass is 79.9. The van der Waals surface area contributed by atoms with Gasteiger partial charge in [0.1, 0.15) is 17.0 Å². The Morgan fingerprint density at radius 3 is 2.65 bits per heavy atom. The lowest BCUT2D eigenvalue weighted by atomic mass is 10.2. The average Bonchev–Trinajstić information content (AvgIpc) is 3.34. The molecule has 31 heavy (non-hydrogen) atoms. The molecule has 3 rings (SSSR count).